The SMILES string of the molecule is CC(C)C1CCC(C(=O)c2sccc2Cl)CC1. The van der Waals surface area contributed by atoms with Crippen LogP contribution in [0.25, 0.3) is 0 Å². The highest BCUT2D eigenvalue weighted by Crippen LogP contribution is 2.36. The molecule has 3 heteroatoms. The van der Waals surface area contributed by atoms with E-state index in [0.717, 1.165) is 29.6 Å². The molecular weight excluding hydrogens is 252 g/mol. The molecule has 1 aromatic heterocycles. The molecule has 1 heterocycles. The molecule has 0 unspecified atom stereocenters. The number of carbonyl (C=O) groups excluding carboxylic acids is 1. The highest BCUT2D eigenvalue weighted by atomic mass is 35.5. The predicted octanol–water partition coefficient (Wildman–Crippen LogP) is 5.05. The second-order valence-corrected chi connectivity index (χ2v) is 6.64. The van der Waals surface area contributed by atoms with Crippen LogP contribution in [0.3, 0.4) is 0 Å². The summed E-state index contributed by atoms with van der Waals surface area (Å²) in [5, 5.41) is 2.53. The summed E-state index contributed by atoms with van der Waals surface area (Å²) in [4.78, 5) is 13.0. The molecule has 1 aliphatic carbocycles. The number of carbonyl (C=O) groups is 1. The zero-order valence-electron chi connectivity index (χ0n) is 10.4. The monoisotopic (exact) mass is 270 g/mol. The molecule has 0 spiro atoms. The van der Waals surface area contributed by atoms with Gasteiger partial charge in [0.2, 0.25) is 0 Å². The number of thiophene rings is 1. The fourth-order valence-electron chi connectivity index (χ4n) is 2.70. The van der Waals surface area contributed by atoms with Gasteiger partial charge in [-0.2, -0.15) is 0 Å². The summed E-state index contributed by atoms with van der Waals surface area (Å²) in [6.07, 6.45) is 4.46. The second-order valence-electron chi connectivity index (χ2n) is 5.32. The number of rotatable bonds is 3. The van der Waals surface area contributed by atoms with Gasteiger partial charge in [0, 0.05) is 5.92 Å². The third-order valence-corrected chi connectivity index (χ3v) is 5.28. The first-order valence-electron chi connectivity index (χ1n) is 6.36. The molecule has 17 heavy (non-hydrogen) atoms. The van der Waals surface area contributed by atoms with Crippen molar-refractivity contribution in [2.75, 3.05) is 0 Å². The van der Waals surface area contributed by atoms with Gasteiger partial charge in [-0.05, 0) is 49.0 Å². The Morgan fingerprint density at radius 2 is 2.00 bits per heavy atom. The average Bonchev–Trinajstić information content (AvgIpc) is 2.74. The van der Waals surface area contributed by atoms with Gasteiger partial charge in [0.15, 0.2) is 5.78 Å². The van der Waals surface area contributed by atoms with E-state index in [1.807, 2.05) is 11.4 Å². The average molecular weight is 271 g/mol. The molecule has 94 valence electrons. The highest BCUT2D eigenvalue weighted by molar-refractivity contribution is 7.12. The van der Waals surface area contributed by atoms with E-state index >= 15 is 0 Å². The molecule has 1 nitrogen and oxygen atoms in total. The molecule has 0 amide bonds. The summed E-state index contributed by atoms with van der Waals surface area (Å²) in [6.45, 7) is 4.56. The molecule has 1 saturated carbocycles. The summed E-state index contributed by atoms with van der Waals surface area (Å²) >= 11 is 7.50. The van der Waals surface area contributed by atoms with Gasteiger partial charge in [0.25, 0.3) is 0 Å². The molecule has 0 N–H and O–H groups in total. The lowest BCUT2D eigenvalue weighted by atomic mass is 9.75. The topological polar surface area (TPSA) is 17.1 Å². The van der Waals surface area contributed by atoms with Gasteiger partial charge in [-0.15, -0.1) is 11.3 Å². The third-order valence-electron chi connectivity index (χ3n) is 3.93. The molecule has 0 radical (unpaired) electrons. The van der Waals surface area contributed by atoms with Crippen molar-refractivity contribution in [3.05, 3.63) is 21.3 Å². The van der Waals surface area contributed by atoms with E-state index in [2.05, 4.69) is 13.8 Å². The van der Waals surface area contributed by atoms with Crippen molar-refractivity contribution in [1.82, 2.24) is 0 Å². The van der Waals surface area contributed by atoms with Gasteiger partial charge in [-0.1, -0.05) is 25.4 Å². The number of halogens is 1. The van der Waals surface area contributed by atoms with Crippen molar-refractivity contribution in [3.63, 3.8) is 0 Å². The zero-order chi connectivity index (χ0) is 12.4. The normalized spacial score (nSPS) is 25.2. The maximum Gasteiger partial charge on any atom is 0.177 e. The van der Waals surface area contributed by atoms with Crippen molar-refractivity contribution >= 4 is 28.7 Å². The molecule has 0 aliphatic heterocycles. The molecule has 0 aromatic carbocycles. The Balaban J connectivity index is 1.98. The Bertz CT molecular complexity index is 389. The quantitative estimate of drug-likeness (QED) is 0.703. The van der Waals surface area contributed by atoms with E-state index in [1.165, 1.54) is 24.2 Å². The Kier molecular flexibility index (Phi) is 4.26. The minimum Gasteiger partial charge on any atom is -0.293 e. The van der Waals surface area contributed by atoms with E-state index < -0.39 is 0 Å². The van der Waals surface area contributed by atoms with E-state index in [4.69, 9.17) is 11.6 Å². The minimum atomic E-state index is 0.209. The van der Waals surface area contributed by atoms with Crippen LogP contribution < -0.4 is 0 Å². The van der Waals surface area contributed by atoms with E-state index in [0.29, 0.717) is 5.02 Å². The van der Waals surface area contributed by atoms with Crippen molar-refractivity contribution in [2.45, 2.75) is 39.5 Å². The lowest BCUT2D eigenvalue weighted by molar-refractivity contribution is 0.0863. The summed E-state index contributed by atoms with van der Waals surface area (Å²) in [7, 11) is 0. The van der Waals surface area contributed by atoms with Crippen LogP contribution in [0, 0.1) is 17.8 Å². The zero-order valence-corrected chi connectivity index (χ0v) is 12.0. The first-order chi connectivity index (χ1) is 8.09. The molecule has 1 fully saturated rings. The Morgan fingerprint density at radius 1 is 1.35 bits per heavy atom. The van der Waals surface area contributed by atoms with Crippen molar-refractivity contribution in [3.8, 4) is 0 Å². The van der Waals surface area contributed by atoms with Crippen molar-refractivity contribution < 1.29 is 4.79 Å². The maximum atomic E-state index is 12.3. The van der Waals surface area contributed by atoms with Crippen molar-refractivity contribution in [2.24, 2.45) is 17.8 Å². The predicted molar refractivity (Wildman–Crippen MR) is 73.9 cm³/mol. The van der Waals surface area contributed by atoms with E-state index in [-0.39, 0.29) is 11.7 Å². The van der Waals surface area contributed by atoms with Crippen LogP contribution in [-0.2, 0) is 0 Å². The molecule has 2 rings (SSSR count). The fourth-order valence-corrected chi connectivity index (χ4v) is 3.87. The van der Waals surface area contributed by atoms with Crippen LogP contribution in [0.2, 0.25) is 5.02 Å². The first kappa shape index (κ1) is 13.1. The van der Waals surface area contributed by atoms with Crippen molar-refractivity contribution in [1.29, 1.82) is 0 Å². The molecule has 1 aliphatic rings. The van der Waals surface area contributed by atoms with Gasteiger partial charge < -0.3 is 0 Å². The lowest BCUT2D eigenvalue weighted by Crippen LogP contribution is -2.23. The van der Waals surface area contributed by atoms with Gasteiger partial charge in [0.05, 0.1) is 9.90 Å². The van der Waals surface area contributed by atoms with Gasteiger partial charge in [-0.25, -0.2) is 0 Å². The number of hydrogen-bond acceptors (Lipinski definition) is 2. The molecule has 0 saturated heterocycles. The van der Waals surface area contributed by atoms with Crippen LogP contribution in [0.5, 0.6) is 0 Å². The Hall–Kier alpha value is -0.340. The van der Waals surface area contributed by atoms with E-state index in [1.54, 1.807) is 0 Å². The summed E-state index contributed by atoms with van der Waals surface area (Å²) in [5.74, 6) is 2.03. The van der Waals surface area contributed by atoms with Gasteiger partial charge in [-0.3, -0.25) is 4.79 Å². The smallest absolute Gasteiger partial charge is 0.177 e. The number of ketones is 1. The standard InChI is InChI=1S/C14H19ClOS/c1-9(2)10-3-5-11(6-4-10)13(16)14-12(15)7-8-17-14/h7-11H,3-6H2,1-2H3. The minimum absolute atomic E-state index is 0.209. The van der Waals surface area contributed by atoms with Crippen LogP contribution >= 0.6 is 22.9 Å². The Morgan fingerprint density at radius 3 is 2.47 bits per heavy atom. The Labute approximate surface area is 112 Å². The van der Waals surface area contributed by atoms with E-state index in [9.17, 15) is 4.79 Å². The maximum absolute atomic E-state index is 12.3. The molecular formula is C14H19ClOS. The first-order valence-corrected chi connectivity index (χ1v) is 7.62. The van der Waals surface area contributed by atoms with Crippen LogP contribution in [0.1, 0.15) is 49.2 Å². The second kappa shape index (κ2) is 5.53. The third kappa shape index (κ3) is 2.92. The van der Waals surface area contributed by atoms with Crippen LogP contribution in [0.15, 0.2) is 11.4 Å². The summed E-state index contributed by atoms with van der Waals surface area (Å²) in [6, 6.07) is 1.82. The number of hydrogen-bond donors (Lipinski definition) is 0. The molecule has 0 bridgehead atoms. The van der Waals surface area contributed by atoms with Crippen LogP contribution in [0.4, 0.5) is 0 Å². The number of Topliss-reactive ketones (excluding diaryl/α,β-unsaturated/α-hetero) is 1. The van der Waals surface area contributed by atoms with Gasteiger partial charge >= 0.3 is 0 Å². The van der Waals surface area contributed by atoms with Gasteiger partial charge in [0.1, 0.15) is 0 Å². The van der Waals surface area contributed by atoms with Crippen LogP contribution in [-0.4, -0.2) is 5.78 Å². The molecule has 0 atom stereocenters. The molecule has 1 aromatic rings. The largest absolute Gasteiger partial charge is 0.293 e. The summed E-state index contributed by atoms with van der Waals surface area (Å²) < 4.78 is 0. The fraction of sp³-hybridized carbons (Fsp3) is 0.643. The lowest BCUT2D eigenvalue weighted by Gasteiger charge is -2.29. The summed E-state index contributed by atoms with van der Waals surface area (Å²) in [5.41, 5.74) is 0. The highest BCUT2D eigenvalue weighted by Gasteiger charge is 2.29.